The first-order valence-electron chi connectivity index (χ1n) is 10.2. The summed E-state index contributed by atoms with van der Waals surface area (Å²) in [4.78, 5) is 15.9. The summed E-state index contributed by atoms with van der Waals surface area (Å²) in [6, 6.07) is 14.8. The average Bonchev–Trinajstić information content (AvgIpc) is 2.84. The van der Waals surface area contributed by atoms with Crippen LogP contribution < -0.4 is 14.5 Å². The maximum absolute atomic E-state index is 15.0. The number of pyridine rings is 1. The van der Waals surface area contributed by atoms with Crippen molar-refractivity contribution in [3.05, 3.63) is 90.0 Å². The lowest BCUT2D eigenvalue weighted by atomic mass is 9.97. The lowest BCUT2D eigenvalue weighted by Gasteiger charge is -2.29. The maximum Gasteiger partial charge on any atom is 0.304 e. The van der Waals surface area contributed by atoms with Crippen molar-refractivity contribution in [2.75, 3.05) is 11.4 Å². The highest BCUT2D eigenvalue weighted by atomic mass is 32.2. The first kappa shape index (κ1) is 24.9. The van der Waals surface area contributed by atoms with Crippen molar-refractivity contribution in [3.63, 3.8) is 0 Å². The quantitative estimate of drug-likeness (QED) is 0.284. The molecule has 1 aromatic heterocycles. The van der Waals surface area contributed by atoms with E-state index in [0.717, 1.165) is 0 Å². The smallest absolute Gasteiger partial charge is 0.304 e. The number of halogens is 1. The summed E-state index contributed by atoms with van der Waals surface area (Å²) in [5.41, 5.74) is 1.90. The summed E-state index contributed by atoms with van der Waals surface area (Å²) in [5.74, 6) is -2.07. The van der Waals surface area contributed by atoms with Crippen molar-refractivity contribution < 1.29 is 27.5 Å². The molecule has 0 spiro atoms. The number of methoxy groups -OCH3 is 1. The molecule has 0 unspecified atom stereocenters. The molecule has 8 nitrogen and oxygen atoms in total. The second-order valence-corrected chi connectivity index (χ2v) is 9.31. The van der Waals surface area contributed by atoms with E-state index in [-0.39, 0.29) is 27.3 Å². The summed E-state index contributed by atoms with van der Waals surface area (Å²) in [6.45, 7) is 3.43. The van der Waals surface area contributed by atoms with Gasteiger partial charge in [-0.25, -0.2) is 18.3 Å². The van der Waals surface area contributed by atoms with E-state index in [1.807, 2.05) is 0 Å². The molecule has 0 aliphatic rings. The van der Waals surface area contributed by atoms with Crippen molar-refractivity contribution >= 4 is 27.2 Å². The molecule has 3 aromatic rings. The van der Waals surface area contributed by atoms with Crippen LogP contribution in [0.1, 0.15) is 25.0 Å². The van der Waals surface area contributed by atoms with Crippen LogP contribution in [0.5, 0.6) is 5.75 Å². The predicted octanol–water partition coefficient (Wildman–Crippen LogP) is 3.93. The molecule has 0 aliphatic heterocycles. The highest BCUT2D eigenvalue weighted by molar-refractivity contribution is 7.92. The number of hydrogen-bond acceptors (Lipinski definition) is 6. The van der Waals surface area contributed by atoms with Crippen LogP contribution in [0.2, 0.25) is 0 Å². The largest absolute Gasteiger partial charge is 0.497 e. The number of anilines is 1. The van der Waals surface area contributed by atoms with E-state index in [4.69, 9.17) is 9.94 Å². The molecule has 3 rings (SSSR count). The number of hydrogen-bond donors (Lipinski definition) is 2. The number of carbonyl (C=O) groups is 1. The Labute approximate surface area is 197 Å². The minimum atomic E-state index is -3.99. The van der Waals surface area contributed by atoms with E-state index >= 15 is 4.39 Å². The molecule has 2 aromatic carbocycles. The van der Waals surface area contributed by atoms with Crippen molar-refractivity contribution in [1.82, 2.24) is 10.5 Å². The zero-order valence-electron chi connectivity index (χ0n) is 18.8. The molecule has 0 saturated heterocycles. The summed E-state index contributed by atoms with van der Waals surface area (Å²) in [6.07, 6.45) is 2.85. The number of amides is 1. The number of ether oxygens (including phenoxy) is 1. The SMILES string of the molecule is COc1ccc(S(=O)(=O)N(c2cccc(/C(=C(/F)C(=O)NO)c3cccnc3)c2)C(C)C)cc1. The Kier molecular flexibility index (Phi) is 7.64. The van der Waals surface area contributed by atoms with Gasteiger partial charge in [-0.15, -0.1) is 0 Å². The summed E-state index contributed by atoms with van der Waals surface area (Å²) >= 11 is 0. The van der Waals surface area contributed by atoms with Crippen LogP contribution in [-0.2, 0) is 14.8 Å². The van der Waals surface area contributed by atoms with E-state index < -0.39 is 27.8 Å². The fraction of sp³-hybridized carbons (Fsp3) is 0.167. The average molecular weight is 486 g/mol. The Morgan fingerprint density at radius 3 is 2.32 bits per heavy atom. The third kappa shape index (κ3) is 5.08. The second-order valence-electron chi connectivity index (χ2n) is 7.49. The molecule has 0 bridgehead atoms. The molecule has 34 heavy (non-hydrogen) atoms. The minimum Gasteiger partial charge on any atom is -0.497 e. The van der Waals surface area contributed by atoms with Gasteiger partial charge in [-0.1, -0.05) is 18.2 Å². The van der Waals surface area contributed by atoms with Crippen LogP contribution in [0.4, 0.5) is 10.1 Å². The van der Waals surface area contributed by atoms with Crippen molar-refractivity contribution in [2.45, 2.75) is 24.8 Å². The second kappa shape index (κ2) is 10.4. The number of aromatic nitrogens is 1. The van der Waals surface area contributed by atoms with E-state index in [1.165, 1.54) is 53.6 Å². The predicted molar refractivity (Wildman–Crippen MR) is 126 cm³/mol. The monoisotopic (exact) mass is 485 g/mol. The number of nitrogens with zero attached hydrogens (tertiary/aromatic N) is 2. The number of carbonyl (C=O) groups excluding carboxylic acids is 1. The van der Waals surface area contributed by atoms with Crippen LogP contribution >= 0.6 is 0 Å². The van der Waals surface area contributed by atoms with E-state index in [0.29, 0.717) is 5.75 Å². The van der Waals surface area contributed by atoms with Gasteiger partial charge in [-0.05, 0) is 61.9 Å². The molecular weight excluding hydrogens is 461 g/mol. The molecule has 0 aliphatic carbocycles. The van der Waals surface area contributed by atoms with Gasteiger partial charge in [-0.3, -0.25) is 19.3 Å². The Morgan fingerprint density at radius 1 is 1.09 bits per heavy atom. The third-order valence-corrected chi connectivity index (χ3v) is 6.96. The Balaban J connectivity index is 2.17. The molecule has 0 saturated carbocycles. The van der Waals surface area contributed by atoms with Gasteiger partial charge in [0.25, 0.3) is 10.0 Å². The van der Waals surface area contributed by atoms with Gasteiger partial charge in [0.05, 0.1) is 17.7 Å². The normalized spacial score (nSPS) is 12.2. The zero-order valence-corrected chi connectivity index (χ0v) is 19.6. The summed E-state index contributed by atoms with van der Waals surface area (Å²) in [7, 11) is -2.51. The lowest BCUT2D eigenvalue weighted by Crippen LogP contribution is -2.37. The van der Waals surface area contributed by atoms with E-state index in [9.17, 15) is 13.2 Å². The van der Waals surface area contributed by atoms with Crippen LogP contribution in [0.25, 0.3) is 5.57 Å². The Hall–Kier alpha value is -3.76. The van der Waals surface area contributed by atoms with Crippen LogP contribution in [-0.4, -0.2) is 37.7 Å². The van der Waals surface area contributed by atoms with E-state index in [2.05, 4.69) is 4.98 Å². The topological polar surface area (TPSA) is 109 Å². The number of rotatable bonds is 8. The molecule has 178 valence electrons. The van der Waals surface area contributed by atoms with Gasteiger partial charge < -0.3 is 4.74 Å². The number of hydroxylamine groups is 1. The zero-order chi connectivity index (χ0) is 24.9. The Morgan fingerprint density at radius 2 is 1.76 bits per heavy atom. The van der Waals surface area contributed by atoms with Gasteiger partial charge >= 0.3 is 5.91 Å². The number of sulfonamides is 1. The number of benzene rings is 2. The molecule has 1 amide bonds. The molecular formula is C24H24FN3O5S. The van der Waals surface area contributed by atoms with Crippen molar-refractivity contribution in [3.8, 4) is 5.75 Å². The summed E-state index contributed by atoms with van der Waals surface area (Å²) < 4.78 is 48.4. The van der Waals surface area contributed by atoms with Crippen LogP contribution in [0.3, 0.4) is 0 Å². The van der Waals surface area contributed by atoms with Crippen LogP contribution in [0, 0.1) is 0 Å². The Bertz CT molecular complexity index is 1290. The van der Waals surface area contributed by atoms with Gasteiger partial charge in [-0.2, -0.15) is 0 Å². The first-order valence-corrected chi connectivity index (χ1v) is 11.7. The van der Waals surface area contributed by atoms with E-state index in [1.54, 1.807) is 50.2 Å². The third-order valence-electron chi connectivity index (χ3n) is 4.95. The van der Waals surface area contributed by atoms with Crippen molar-refractivity contribution in [1.29, 1.82) is 0 Å². The molecule has 0 atom stereocenters. The fourth-order valence-electron chi connectivity index (χ4n) is 3.47. The lowest BCUT2D eigenvalue weighted by molar-refractivity contribution is -0.126. The van der Waals surface area contributed by atoms with Gasteiger partial charge in [0.2, 0.25) is 0 Å². The van der Waals surface area contributed by atoms with Gasteiger partial charge in [0, 0.05) is 29.6 Å². The highest BCUT2D eigenvalue weighted by Gasteiger charge is 2.28. The molecule has 1 heterocycles. The first-order chi connectivity index (χ1) is 16.2. The van der Waals surface area contributed by atoms with Crippen molar-refractivity contribution in [2.24, 2.45) is 0 Å². The maximum atomic E-state index is 15.0. The van der Waals surface area contributed by atoms with Gasteiger partial charge in [0.15, 0.2) is 5.83 Å². The summed E-state index contributed by atoms with van der Waals surface area (Å²) in [5, 5.41) is 8.95. The molecule has 2 N–H and O–H groups in total. The standard InChI is InChI=1S/C24H24FN3O5S/c1-16(2)28(34(31,32)21-11-9-20(33-3)10-12-21)19-8-4-6-17(14-19)22(23(25)24(29)27-30)18-7-5-13-26-15-18/h4-16,30H,1-3H3,(H,27,29)/b23-22-. The molecule has 10 heteroatoms. The van der Waals surface area contributed by atoms with Gasteiger partial charge in [0.1, 0.15) is 5.75 Å². The number of nitrogens with one attached hydrogen (secondary N) is 1. The highest BCUT2D eigenvalue weighted by Crippen LogP contribution is 2.33. The fourth-order valence-corrected chi connectivity index (χ4v) is 5.12. The minimum absolute atomic E-state index is 0.0567. The molecule has 0 fully saturated rings. The van der Waals surface area contributed by atoms with Crippen LogP contribution in [0.15, 0.2) is 83.8 Å². The molecule has 0 radical (unpaired) electrons.